The van der Waals surface area contributed by atoms with Crippen LogP contribution in [0.2, 0.25) is 0 Å². The second-order valence-electron chi connectivity index (χ2n) is 4.97. The summed E-state index contributed by atoms with van der Waals surface area (Å²) < 4.78 is 32.6. The van der Waals surface area contributed by atoms with Gasteiger partial charge in [0, 0.05) is 6.04 Å². The maximum absolute atomic E-state index is 13.7. The minimum absolute atomic E-state index is 0.0776. The topological polar surface area (TPSA) is 35.2 Å². The minimum Gasteiger partial charge on any atom is -0.487 e. The van der Waals surface area contributed by atoms with E-state index in [1.165, 1.54) is 12.1 Å². The fourth-order valence-electron chi connectivity index (χ4n) is 1.57. The number of rotatable bonds is 6. The van der Waals surface area contributed by atoms with Crippen LogP contribution in [-0.2, 0) is 6.42 Å². The number of hydrogen-bond acceptors (Lipinski definition) is 2. The Morgan fingerprint density at radius 1 is 1.22 bits per heavy atom. The fourth-order valence-corrected chi connectivity index (χ4v) is 1.57. The Kier molecular flexibility index (Phi) is 5.54. The lowest BCUT2D eigenvalue weighted by Crippen LogP contribution is -2.21. The zero-order chi connectivity index (χ0) is 13.7. The summed E-state index contributed by atoms with van der Waals surface area (Å²) in [5, 5.41) is 0. The van der Waals surface area contributed by atoms with Gasteiger partial charge in [0.25, 0.3) is 0 Å². The van der Waals surface area contributed by atoms with Crippen molar-refractivity contribution in [2.45, 2.75) is 39.7 Å². The Labute approximate surface area is 107 Å². The first-order chi connectivity index (χ1) is 8.43. The highest BCUT2D eigenvalue weighted by Crippen LogP contribution is 2.24. The average Bonchev–Trinajstić information content (AvgIpc) is 2.27. The third-order valence-corrected chi connectivity index (χ3v) is 2.64. The van der Waals surface area contributed by atoms with Gasteiger partial charge in [-0.25, -0.2) is 8.78 Å². The molecule has 0 fully saturated rings. The molecule has 1 atom stereocenters. The van der Waals surface area contributed by atoms with Crippen LogP contribution in [0.5, 0.6) is 5.75 Å². The van der Waals surface area contributed by atoms with Crippen molar-refractivity contribution in [3.63, 3.8) is 0 Å². The van der Waals surface area contributed by atoms with E-state index in [4.69, 9.17) is 10.5 Å². The summed E-state index contributed by atoms with van der Waals surface area (Å²) in [6, 6.07) is 2.52. The molecule has 2 N–H and O–H groups in total. The van der Waals surface area contributed by atoms with Crippen LogP contribution in [0.4, 0.5) is 8.78 Å². The molecule has 4 heteroatoms. The molecule has 0 spiro atoms. The lowest BCUT2D eigenvalue weighted by atomic mass is 10.0. The molecular formula is C14H21F2NO. The van der Waals surface area contributed by atoms with Crippen LogP contribution in [0.3, 0.4) is 0 Å². The summed E-state index contributed by atoms with van der Waals surface area (Å²) in [6.07, 6.45) is 1.24. The number of benzene rings is 1. The van der Waals surface area contributed by atoms with Crippen LogP contribution in [0, 0.1) is 17.6 Å². The molecule has 0 saturated carbocycles. The van der Waals surface area contributed by atoms with Gasteiger partial charge in [0.2, 0.25) is 0 Å². The highest BCUT2D eigenvalue weighted by Gasteiger charge is 2.14. The summed E-state index contributed by atoms with van der Waals surface area (Å²) in [5.41, 5.74) is 6.33. The van der Waals surface area contributed by atoms with E-state index in [1.54, 1.807) is 0 Å². The van der Waals surface area contributed by atoms with Gasteiger partial charge in [-0.3, -0.25) is 0 Å². The molecule has 0 radical (unpaired) electrons. The van der Waals surface area contributed by atoms with Crippen molar-refractivity contribution in [3.05, 3.63) is 29.3 Å². The molecule has 0 saturated heterocycles. The van der Waals surface area contributed by atoms with Crippen molar-refractivity contribution in [1.29, 1.82) is 0 Å². The molecule has 0 heterocycles. The first kappa shape index (κ1) is 14.9. The SMILES string of the molecule is CCC(N)Cc1cc(F)c(OCC(C)C)c(F)c1. The summed E-state index contributed by atoms with van der Waals surface area (Å²) >= 11 is 0. The lowest BCUT2D eigenvalue weighted by Gasteiger charge is -2.13. The number of halogens is 2. The largest absolute Gasteiger partial charge is 0.487 e. The zero-order valence-corrected chi connectivity index (χ0v) is 11.2. The van der Waals surface area contributed by atoms with Gasteiger partial charge in [-0.05, 0) is 36.5 Å². The molecule has 1 aromatic rings. The standard InChI is InChI=1S/C14H21F2NO/c1-4-11(17)5-10-6-12(15)14(13(16)7-10)18-8-9(2)3/h6-7,9,11H,4-5,8,17H2,1-3H3. The van der Waals surface area contributed by atoms with E-state index in [-0.39, 0.29) is 17.7 Å². The van der Waals surface area contributed by atoms with E-state index in [9.17, 15) is 8.78 Å². The Bertz CT molecular complexity index is 370. The van der Waals surface area contributed by atoms with Gasteiger partial charge in [0.1, 0.15) is 0 Å². The van der Waals surface area contributed by atoms with Crippen LogP contribution in [-0.4, -0.2) is 12.6 Å². The van der Waals surface area contributed by atoms with Crippen molar-refractivity contribution >= 4 is 0 Å². The van der Waals surface area contributed by atoms with Gasteiger partial charge in [-0.2, -0.15) is 0 Å². The van der Waals surface area contributed by atoms with E-state index < -0.39 is 11.6 Å². The second-order valence-corrected chi connectivity index (χ2v) is 4.97. The Morgan fingerprint density at radius 3 is 2.22 bits per heavy atom. The molecule has 0 aliphatic heterocycles. The van der Waals surface area contributed by atoms with Gasteiger partial charge in [-0.1, -0.05) is 20.8 Å². The predicted molar refractivity (Wildman–Crippen MR) is 68.7 cm³/mol. The summed E-state index contributed by atoms with van der Waals surface area (Å²) in [4.78, 5) is 0. The van der Waals surface area contributed by atoms with Gasteiger partial charge in [0.15, 0.2) is 17.4 Å². The summed E-state index contributed by atoms with van der Waals surface area (Å²) in [6.45, 7) is 6.08. The van der Waals surface area contributed by atoms with E-state index in [2.05, 4.69) is 0 Å². The van der Waals surface area contributed by atoms with Gasteiger partial charge < -0.3 is 10.5 Å². The molecule has 0 aromatic heterocycles. The Balaban J connectivity index is 2.83. The fraction of sp³-hybridized carbons (Fsp3) is 0.571. The molecule has 1 rings (SSSR count). The molecule has 18 heavy (non-hydrogen) atoms. The third kappa shape index (κ3) is 4.26. The van der Waals surface area contributed by atoms with E-state index >= 15 is 0 Å². The second kappa shape index (κ2) is 6.69. The molecule has 0 aliphatic rings. The monoisotopic (exact) mass is 257 g/mol. The van der Waals surface area contributed by atoms with Crippen LogP contribution < -0.4 is 10.5 Å². The molecule has 102 valence electrons. The molecule has 0 amide bonds. The first-order valence-electron chi connectivity index (χ1n) is 6.30. The molecule has 1 aromatic carbocycles. The zero-order valence-electron chi connectivity index (χ0n) is 11.2. The molecule has 2 nitrogen and oxygen atoms in total. The summed E-state index contributed by atoms with van der Waals surface area (Å²) in [5.74, 6) is -1.39. The highest BCUT2D eigenvalue weighted by atomic mass is 19.1. The van der Waals surface area contributed by atoms with Crippen molar-refractivity contribution in [2.75, 3.05) is 6.61 Å². The van der Waals surface area contributed by atoms with Gasteiger partial charge in [-0.15, -0.1) is 0 Å². The predicted octanol–water partition coefficient (Wildman–Crippen LogP) is 3.28. The van der Waals surface area contributed by atoms with Gasteiger partial charge in [0.05, 0.1) is 6.61 Å². The van der Waals surface area contributed by atoms with Crippen LogP contribution in [0.25, 0.3) is 0 Å². The minimum atomic E-state index is -0.658. The molecule has 0 bridgehead atoms. The Hall–Kier alpha value is -1.16. The smallest absolute Gasteiger partial charge is 0.190 e. The van der Waals surface area contributed by atoms with E-state index in [0.29, 0.717) is 18.6 Å². The maximum atomic E-state index is 13.7. The Morgan fingerprint density at radius 2 is 1.78 bits per heavy atom. The van der Waals surface area contributed by atoms with Crippen LogP contribution in [0.15, 0.2) is 12.1 Å². The van der Waals surface area contributed by atoms with E-state index in [0.717, 1.165) is 6.42 Å². The third-order valence-electron chi connectivity index (χ3n) is 2.64. The maximum Gasteiger partial charge on any atom is 0.190 e. The van der Waals surface area contributed by atoms with Crippen LogP contribution >= 0.6 is 0 Å². The van der Waals surface area contributed by atoms with Gasteiger partial charge >= 0.3 is 0 Å². The number of ether oxygens (including phenoxy) is 1. The summed E-state index contributed by atoms with van der Waals surface area (Å²) in [7, 11) is 0. The van der Waals surface area contributed by atoms with Crippen molar-refractivity contribution < 1.29 is 13.5 Å². The van der Waals surface area contributed by atoms with Crippen LogP contribution in [0.1, 0.15) is 32.8 Å². The van der Waals surface area contributed by atoms with Crippen molar-refractivity contribution in [2.24, 2.45) is 11.7 Å². The molecule has 0 aliphatic carbocycles. The first-order valence-corrected chi connectivity index (χ1v) is 6.30. The highest BCUT2D eigenvalue weighted by molar-refractivity contribution is 5.31. The number of hydrogen-bond donors (Lipinski definition) is 1. The molecule has 1 unspecified atom stereocenters. The van der Waals surface area contributed by atoms with Crippen molar-refractivity contribution in [3.8, 4) is 5.75 Å². The van der Waals surface area contributed by atoms with Crippen molar-refractivity contribution in [1.82, 2.24) is 0 Å². The average molecular weight is 257 g/mol. The quantitative estimate of drug-likeness (QED) is 0.848. The normalized spacial score (nSPS) is 12.8. The lowest BCUT2D eigenvalue weighted by molar-refractivity contribution is 0.247. The van der Waals surface area contributed by atoms with E-state index in [1.807, 2.05) is 20.8 Å². The molecular weight excluding hydrogens is 236 g/mol. The number of nitrogens with two attached hydrogens (primary N) is 1.